The van der Waals surface area contributed by atoms with Gasteiger partial charge in [0.1, 0.15) is 0 Å². The molecule has 4 nitrogen and oxygen atoms in total. The van der Waals surface area contributed by atoms with Crippen LogP contribution in [-0.2, 0) is 17.9 Å². The average Bonchev–Trinajstić information content (AvgIpc) is 2.47. The molecule has 4 heteroatoms. The van der Waals surface area contributed by atoms with Crippen LogP contribution in [0.1, 0.15) is 44.7 Å². The molecule has 0 spiro atoms. The summed E-state index contributed by atoms with van der Waals surface area (Å²) in [5, 5.41) is 3.07. The van der Waals surface area contributed by atoms with Crippen molar-refractivity contribution in [1.82, 2.24) is 10.2 Å². The summed E-state index contributed by atoms with van der Waals surface area (Å²) >= 11 is 0. The lowest BCUT2D eigenvalue weighted by molar-refractivity contribution is -0.126. The van der Waals surface area contributed by atoms with Gasteiger partial charge in [-0.2, -0.15) is 0 Å². The van der Waals surface area contributed by atoms with Gasteiger partial charge in [-0.1, -0.05) is 37.6 Å². The van der Waals surface area contributed by atoms with E-state index in [1.807, 2.05) is 26.1 Å². The Kier molecular flexibility index (Phi) is 7.40. The molecule has 0 fully saturated rings. The van der Waals surface area contributed by atoms with Crippen molar-refractivity contribution in [2.75, 3.05) is 7.05 Å². The molecule has 1 aromatic carbocycles. The van der Waals surface area contributed by atoms with Gasteiger partial charge in [0.25, 0.3) is 0 Å². The summed E-state index contributed by atoms with van der Waals surface area (Å²) in [6.45, 7) is 7.44. The molecule has 0 radical (unpaired) electrons. The first-order chi connectivity index (χ1) is 9.97. The zero-order chi connectivity index (χ0) is 15.8. The number of carbonyl (C=O) groups is 1. The van der Waals surface area contributed by atoms with E-state index in [-0.39, 0.29) is 18.0 Å². The molecule has 1 rings (SSSR count). The number of hydrogen-bond donors (Lipinski definition) is 2. The van der Waals surface area contributed by atoms with Crippen LogP contribution in [0.25, 0.3) is 0 Å². The topological polar surface area (TPSA) is 58.4 Å². The van der Waals surface area contributed by atoms with Crippen molar-refractivity contribution < 1.29 is 4.79 Å². The van der Waals surface area contributed by atoms with Gasteiger partial charge < -0.3 is 11.1 Å². The van der Waals surface area contributed by atoms with Crippen molar-refractivity contribution >= 4 is 5.91 Å². The Balaban J connectivity index is 2.52. The number of nitrogens with one attached hydrogen (secondary N) is 1. The summed E-state index contributed by atoms with van der Waals surface area (Å²) in [4.78, 5) is 14.3. The number of amides is 1. The molecule has 0 saturated heterocycles. The standard InChI is InChI=1S/C17H29N3O/c1-5-6-13(2)19-17(21)14(3)20(4)12-16-9-7-15(11-18)8-10-16/h7-10,13-14H,5-6,11-12,18H2,1-4H3,(H,19,21). The van der Waals surface area contributed by atoms with E-state index >= 15 is 0 Å². The lowest BCUT2D eigenvalue weighted by Gasteiger charge is -2.25. The second-order valence-electron chi connectivity index (χ2n) is 5.81. The van der Waals surface area contributed by atoms with E-state index in [0.717, 1.165) is 24.9 Å². The second-order valence-corrected chi connectivity index (χ2v) is 5.81. The van der Waals surface area contributed by atoms with Gasteiger partial charge >= 0.3 is 0 Å². The first kappa shape index (κ1) is 17.7. The molecular weight excluding hydrogens is 262 g/mol. The van der Waals surface area contributed by atoms with E-state index in [9.17, 15) is 4.79 Å². The number of hydrogen-bond acceptors (Lipinski definition) is 3. The number of nitrogens with zero attached hydrogens (tertiary/aromatic N) is 1. The van der Waals surface area contributed by atoms with Crippen molar-refractivity contribution in [3.8, 4) is 0 Å². The molecule has 0 aromatic heterocycles. The number of likely N-dealkylation sites (N-methyl/N-ethyl adjacent to an activating group) is 1. The normalized spacial score (nSPS) is 14.0. The number of nitrogens with two attached hydrogens (primary N) is 1. The highest BCUT2D eigenvalue weighted by atomic mass is 16.2. The molecule has 0 aliphatic carbocycles. The van der Waals surface area contributed by atoms with Gasteiger partial charge in [-0.25, -0.2) is 0 Å². The first-order valence-corrected chi connectivity index (χ1v) is 7.76. The zero-order valence-corrected chi connectivity index (χ0v) is 13.7. The third-order valence-corrected chi connectivity index (χ3v) is 3.84. The molecule has 0 saturated carbocycles. The summed E-state index contributed by atoms with van der Waals surface area (Å²) in [7, 11) is 1.98. The zero-order valence-electron chi connectivity index (χ0n) is 13.7. The third kappa shape index (κ3) is 5.86. The Bertz CT molecular complexity index is 430. The van der Waals surface area contributed by atoms with Crippen LogP contribution in [-0.4, -0.2) is 29.9 Å². The quantitative estimate of drug-likeness (QED) is 0.772. The molecule has 2 unspecified atom stereocenters. The van der Waals surface area contributed by atoms with E-state index in [1.54, 1.807) is 0 Å². The fourth-order valence-corrected chi connectivity index (χ4v) is 2.27. The largest absolute Gasteiger partial charge is 0.352 e. The van der Waals surface area contributed by atoms with Gasteiger partial charge in [0, 0.05) is 19.1 Å². The molecule has 1 aromatic rings. The maximum Gasteiger partial charge on any atom is 0.237 e. The number of carbonyl (C=O) groups excluding carboxylic acids is 1. The highest BCUT2D eigenvalue weighted by molar-refractivity contribution is 5.81. The van der Waals surface area contributed by atoms with Crippen LogP contribution in [0.2, 0.25) is 0 Å². The lowest BCUT2D eigenvalue weighted by atomic mass is 10.1. The predicted octanol–water partition coefficient (Wildman–Crippen LogP) is 2.27. The fourth-order valence-electron chi connectivity index (χ4n) is 2.27. The van der Waals surface area contributed by atoms with Crippen molar-refractivity contribution in [1.29, 1.82) is 0 Å². The van der Waals surface area contributed by atoms with Crippen molar-refractivity contribution in [3.63, 3.8) is 0 Å². The van der Waals surface area contributed by atoms with Crippen LogP contribution >= 0.6 is 0 Å². The van der Waals surface area contributed by atoms with Crippen molar-refractivity contribution in [2.24, 2.45) is 5.73 Å². The minimum Gasteiger partial charge on any atom is -0.352 e. The molecule has 118 valence electrons. The number of rotatable bonds is 8. The maximum absolute atomic E-state index is 12.2. The fraction of sp³-hybridized carbons (Fsp3) is 0.588. The minimum atomic E-state index is -0.140. The van der Waals surface area contributed by atoms with Crippen LogP contribution in [0.15, 0.2) is 24.3 Å². The molecule has 0 bridgehead atoms. The van der Waals surface area contributed by atoms with Gasteiger partial charge in [-0.3, -0.25) is 9.69 Å². The molecule has 1 amide bonds. The third-order valence-electron chi connectivity index (χ3n) is 3.84. The Labute approximate surface area is 128 Å². The molecule has 2 atom stereocenters. The first-order valence-electron chi connectivity index (χ1n) is 7.76. The molecule has 0 aliphatic rings. The van der Waals surface area contributed by atoms with Gasteiger partial charge in [0.15, 0.2) is 0 Å². The Morgan fingerprint density at radius 2 is 1.81 bits per heavy atom. The summed E-state index contributed by atoms with van der Waals surface area (Å²) in [5.74, 6) is 0.0945. The van der Waals surface area contributed by atoms with E-state index in [0.29, 0.717) is 6.54 Å². The van der Waals surface area contributed by atoms with Gasteiger partial charge in [0.2, 0.25) is 5.91 Å². The SMILES string of the molecule is CCCC(C)NC(=O)C(C)N(C)Cc1ccc(CN)cc1. The lowest BCUT2D eigenvalue weighted by Crippen LogP contribution is -2.45. The molecule has 0 heterocycles. The van der Waals surface area contributed by atoms with Gasteiger partial charge in [0.05, 0.1) is 6.04 Å². The summed E-state index contributed by atoms with van der Waals surface area (Å²) in [6.07, 6.45) is 2.10. The predicted molar refractivity (Wildman–Crippen MR) is 87.8 cm³/mol. The van der Waals surface area contributed by atoms with Gasteiger partial charge in [-0.05, 0) is 38.4 Å². The van der Waals surface area contributed by atoms with Crippen LogP contribution in [0.3, 0.4) is 0 Å². The smallest absolute Gasteiger partial charge is 0.237 e. The maximum atomic E-state index is 12.2. The highest BCUT2D eigenvalue weighted by Crippen LogP contribution is 2.09. The molecular formula is C17H29N3O. The Hall–Kier alpha value is -1.39. The molecule has 0 aliphatic heterocycles. The van der Waals surface area contributed by atoms with Gasteiger partial charge in [-0.15, -0.1) is 0 Å². The summed E-state index contributed by atoms with van der Waals surface area (Å²) in [5.41, 5.74) is 7.91. The Morgan fingerprint density at radius 3 is 2.33 bits per heavy atom. The minimum absolute atomic E-state index is 0.0945. The van der Waals surface area contributed by atoms with Crippen LogP contribution in [0.5, 0.6) is 0 Å². The number of benzene rings is 1. The van der Waals surface area contributed by atoms with Crippen LogP contribution < -0.4 is 11.1 Å². The van der Waals surface area contributed by atoms with Crippen LogP contribution in [0, 0.1) is 0 Å². The average molecular weight is 291 g/mol. The van der Waals surface area contributed by atoms with Crippen LogP contribution in [0.4, 0.5) is 0 Å². The highest BCUT2D eigenvalue weighted by Gasteiger charge is 2.19. The van der Waals surface area contributed by atoms with E-state index < -0.39 is 0 Å². The van der Waals surface area contributed by atoms with Crippen molar-refractivity contribution in [2.45, 2.75) is 58.8 Å². The van der Waals surface area contributed by atoms with Crippen molar-refractivity contribution in [3.05, 3.63) is 35.4 Å². The molecule has 21 heavy (non-hydrogen) atoms. The second kappa shape index (κ2) is 8.80. The Morgan fingerprint density at radius 1 is 1.24 bits per heavy atom. The van der Waals surface area contributed by atoms with E-state index in [2.05, 4.69) is 36.2 Å². The van der Waals surface area contributed by atoms with E-state index in [1.165, 1.54) is 5.56 Å². The molecule has 3 N–H and O–H groups in total. The summed E-state index contributed by atoms with van der Waals surface area (Å²) in [6, 6.07) is 8.32. The van der Waals surface area contributed by atoms with E-state index in [4.69, 9.17) is 5.73 Å². The summed E-state index contributed by atoms with van der Waals surface area (Å²) < 4.78 is 0. The monoisotopic (exact) mass is 291 g/mol.